The van der Waals surface area contributed by atoms with E-state index < -0.39 is 6.03 Å². The van der Waals surface area contributed by atoms with Crippen LogP contribution in [0.25, 0.3) is 11.1 Å². The Morgan fingerprint density at radius 1 is 1.00 bits per heavy atom. The van der Waals surface area contributed by atoms with Crippen LogP contribution in [0.4, 0.5) is 4.79 Å². The molecule has 3 amide bonds. The van der Waals surface area contributed by atoms with Gasteiger partial charge in [-0.05, 0) is 11.6 Å². The van der Waals surface area contributed by atoms with Crippen LogP contribution < -0.4 is 11.2 Å². The third-order valence-electron chi connectivity index (χ3n) is 4.58. The number of rotatable bonds is 2. The van der Waals surface area contributed by atoms with E-state index in [2.05, 4.69) is 10.5 Å². The summed E-state index contributed by atoms with van der Waals surface area (Å²) in [5.41, 5.74) is 12.1. The van der Waals surface area contributed by atoms with Gasteiger partial charge in [-0.15, -0.1) is 0 Å². The van der Waals surface area contributed by atoms with Gasteiger partial charge in [0, 0.05) is 35.3 Å². The standard InChI is InChI=1S/C19H18N4O3/c20-19(25)22-21-17-13-5-2-1-4-12(13)16-14(17)6-3-7-15(16)18(24)23-8-10-26-11-9-23/h1-7H,8-11H2,(H3,20,22,25)/b21-17+. The van der Waals surface area contributed by atoms with Crippen LogP contribution in [0.3, 0.4) is 0 Å². The molecule has 4 rings (SSSR count). The van der Waals surface area contributed by atoms with E-state index in [1.165, 1.54) is 0 Å². The molecule has 0 atom stereocenters. The molecule has 2 aromatic carbocycles. The van der Waals surface area contributed by atoms with Crippen molar-refractivity contribution in [3.05, 3.63) is 59.2 Å². The summed E-state index contributed by atoms with van der Waals surface area (Å²) in [6.07, 6.45) is 0. The molecule has 2 aliphatic rings. The van der Waals surface area contributed by atoms with E-state index in [-0.39, 0.29) is 5.91 Å². The molecule has 1 fully saturated rings. The molecule has 3 N–H and O–H groups in total. The molecule has 0 aromatic heterocycles. The van der Waals surface area contributed by atoms with E-state index in [0.717, 1.165) is 22.3 Å². The summed E-state index contributed by atoms with van der Waals surface area (Å²) in [7, 11) is 0. The van der Waals surface area contributed by atoms with Crippen molar-refractivity contribution in [1.29, 1.82) is 0 Å². The molecule has 0 spiro atoms. The van der Waals surface area contributed by atoms with Crippen LogP contribution in [-0.4, -0.2) is 48.9 Å². The SMILES string of the molecule is NC(=O)N/N=C1\c2ccccc2-c2c(C(=O)N3CCOCC3)cccc21. The van der Waals surface area contributed by atoms with E-state index in [0.29, 0.717) is 37.6 Å². The lowest BCUT2D eigenvalue weighted by atomic mass is 9.98. The number of hydrazone groups is 1. The Kier molecular flexibility index (Phi) is 4.14. The third kappa shape index (κ3) is 2.72. The van der Waals surface area contributed by atoms with Gasteiger partial charge in [-0.25, -0.2) is 10.2 Å². The summed E-state index contributed by atoms with van der Waals surface area (Å²) in [5, 5.41) is 4.17. The molecule has 1 aliphatic carbocycles. The Balaban J connectivity index is 1.84. The van der Waals surface area contributed by atoms with Crippen molar-refractivity contribution in [3.63, 3.8) is 0 Å². The average Bonchev–Trinajstić information content (AvgIpc) is 3.00. The third-order valence-corrected chi connectivity index (χ3v) is 4.58. The summed E-state index contributed by atoms with van der Waals surface area (Å²) in [6.45, 7) is 2.25. The molecule has 1 aliphatic heterocycles. The first-order valence-corrected chi connectivity index (χ1v) is 8.40. The van der Waals surface area contributed by atoms with E-state index in [9.17, 15) is 9.59 Å². The van der Waals surface area contributed by atoms with Crippen LogP contribution in [-0.2, 0) is 4.74 Å². The summed E-state index contributed by atoms with van der Waals surface area (Å²) in [6, 6.07) is 12.5. The van der Waals surface area contributed by atoms with Crippen LogP contribution >= 0.6 is 0 Å². The van der Waals surface area contributed by atoms with Crippen LogP contribution in [0.5, 0.6) is 0 Å². The number of nitrogens with zero attached hydrogens (tertiary/aromatic N) is 2. The number of hydrogen-bond donors (Lipinski definition) is 2. The normalized spacial score (nSPS) is 16.9. The number of urea groups is 1. The van der Waals surface area contributed by atoms with E-state index in [4.69, 9.17) is 10.5 Å². The Morgan fingerprint density at radius 2 is 1.69 bits per heavy atom. The number of nitrogens with two attached hydrogens (primary N) is 1. The average molecular weight is 350 g/mol. The molecule has 26 heavy (non-hydrogen) atoms. The van der Waals surface area contributed by atoms with Gasteiger partial charge in [0.2, 0.25) is 0 Å². The zero-order chi connectivity index (χ0) is 18.1. The highest BCUT2D eigenvalue weighted by Crippen LogP contribution is 2.39. The van der Waals surface area contributed by atoms with Crippen molar-refractivity contribution in [3.8, 4) is 11.1 Å². The molecule has 0 radical (unpaired) electrons. The quantitative estimate of drug-likeness (QED) is 0.686. The maximum absolute atomic E-state index is 13.1. The van der Waals surface area contributed by atoms with Crippen LogP contribution in [0.1, 0.15) is 21.5 Å². The monoisotopic (exact) mass is 350 g/mol. The van der Waals surface area contributed by atoms with Crippen LogP contribution in [0.15, 0.2) is 47.6 Å². The topological polar surface area (TPSA) is 97.0 Å². The number of benzene rings is 2. The number of hydrogen-bond acceptors (Lipinski definition) is 4. The van der Waals surface area contributed by atoms with Crippen molar-refractivity contribution in [1.82, 2.24) is 10.3 Å². The summed E-state index contributed by atoms with van der Waals surface area (Å²) in [5.74, 6) is -0.0240. The van der Waals surface area contributed by atoms with Gasteiger partial charge in [-0.2, -0.15) is 5.10 Å². The number of carbonyl (C=O) groups excluding carboxylic acids is 2. The van der Waals surface area contributed by atoms with Gasteiger partial charge in [-0.1, -0.05) is 36.4 Å². The number of fused-ring (bicyclic) bond motifs is 3. The molecule has 0 saturated carbocycles. The lowest BCUT2D eigenvalue weighted by molar-refractivity contribution is 0.0303. The first kappa shape index (κ1) is 16.3. The maximum Gasteiger partial charge on any atom is 0.332 e. The van der Waals surface area contributed by atoms with Gasteiger partial charge >= 0.3 is 6.03 Å². The van der Waals surface area contributed by atoms with Gasteiger partial charge < -0.3 is 15.4 Å². The molecule has 7 heteroatoms. The minimum absolute atomic E-state index is 0.0240. The van der Waals surface area contributed by atoms with Gasteiger partial charge in [-0.3, -0.25) is 4.79 Å². The fourth-order valence-electron chi connectivity index (χ4n) is 3.44. The van der Waals surface area contributed by atoms with Gasteiger partial charge in [0.15, 0.2) is 0 Å². The summed E-state index contributed by atoms with van der Waals surface area (Å²) >= 11 is 0. The molecule has 1 heterocycles. The predicted octanol–water partition coefficient (Wildman–Crippen LogP) is 1.56. The predicted molar refractivity (Wildman–Crippen MR) is 97.0 cm³/mol. The minimum Gasteiger partial charge on any atom is -0.378 e. The molecule has 0 bridgehead atoms. The van der Waals surface area contributed by atoms with Gasteiger partial charge in [0.25, 0.3) is 5.91 Å². The van der Waals surface area contributed by atoms with Crippen molar-refractivity contribution < 1.29 is 14.3 Å². The zero-order valence-corrected chi connectivity index (χ0v) is 14.1. The second-order valence-electron chi connectivity index (χ2n) is 6.11. The van der Waals surface area contributed by atoms with Crippen molar-refractivity contribution in [2.24, 2.45) is 10.8 Å². The van der Waals surface area contributed by atoms with Gasteiger partial charge in [0.1, 0.15) is 0 Å². The molecule has 132 valence electrons. The fourth-order valence-corrected chi connectivity index (χ4v) is 3.44. The molecular weight excluding hydrogens is 332 g/mol. The second kappa shape index (κ2) is 6.61. The number of amides is 3. The highest BCUT2D eigenvalue weighted by Gasteiger charge is 2.31. The molecule has 2 aromatic rings. The zero-order valence-electron chi connectivity index (χ0n) is 14.1. The maximum atomic E-state index is 13.1. The fraction of sp³-hybridized carbons (Fsp3) is 0.211. The minimum atomic E-state index is -0.732. The van der Waals surface area contributed by atoms with Gasteiger partial charge in [0.05, 0.1) is 18.9 Å². The second-order valence-corrected chi connectivity index (χ2v) is 6.11. The first-order chi connectivity index (χ1) is 12.7. The smallest absolute Gasteiger partial charge is 0.332 e. The summed E-state index contributed by atoms with van der Waals surface area (Å²) in [4.78, 5) is 26.0. The van der Waals surface area contributed by atoms with Crippen molar-refractivity contribution in [2.45, 2.75) is 0 Å². The number of nitrogens with one attached hydrogen (secondary N) is 1. The van der Waals surface area contributed by atoms with E-state index in [1.807, 2.05) is 42.5 Å². The Bertz CT molecular complexity index is 917. The van der Waals surface area contributed by atoms with Crippen LogP contribution in [0.2, 0.25) is 0 Å². The van der Waals surface area contributed by atoms with Crippen molar-refractivity contribution in [2.75, 3.05) is 26.3 Å². The first-order valence-electron chi connectivity index (χ1n) is 8.40. The number of primary amides is 1. The molecule has 0 unspecified atom stereocenters. The van der Waals surface area contributed by atoms with Crippen LogP contribution in [0, 0.1) is 0 Å². The number of ether oxygens (including phenoxy) is 1. The largest absolute Gasteiger partial charge is 0.378 e. The highest BCUT2D eigenvalue weighted by molar-refractivity contribution is 6.27. The highest BCUT2D eigenvalue weighted by atomic mass is 16.5. The van der Waals surface area contributed by atoms with Crippen molar-refractivity contribution >= 4 is 17.6 Å². The molecule has 7 nitrogen and oxygen atoms in total. The lowest BCUT2D eigenvalue weighted by Gasteiger charge is -2.27. The molecular formula is C19H18N4O3. The number of carbonyl (C=O) groups is 2. The Labute approximate surface area is 150 Å². The lowest BCUT2D eigenvalue weighted by Crippen LogP contribution is -2.40. The Hall–Kier alpha value is -3.19. The summed E-state index contributed by atoms with van der Waals surface area (Å²) < 4.78 is 5.34. The Morgan fingerprint density at radius 3 is 2.42 bits per heavy atom. The van der Waals surface area contributed by atoms with E-state index >= 15 is 0 Å². The molecule has 1 saturated heterocycles. The van der Waals surface area contributed by atoms with E-state index in [1.54, 1.807) is 4.90 Å². The number of morpholine rings is 1.